The molecule has 1 aromatic heterocycles. The number of hydrogen-bond acceptors (Lipinski definition) is 7. The monoisotopic (exact) mass is 480 g/mol. The number of carbonyl (C=O) groups is 1. The summed E-state index contributed by atoms with van der Waals surface area (Å²) in [5, 5.41) is 43.8. The molecular weight excluding hydrogens is 460 g/mol. The van der Waals surface area contributed by atoms with Crippen LogP contribution < -0.4 is 5.14 Å². The summed E-state index contributed by atoms with van der Waals surface area (Å²) in [4.78, 5) is 18.6. The van der Waals surface area contributed by atoms with E-state index in [1.807, 2.05) is 0 Å². The number of aromatic amines is 1. The number of aliphatic carboxylic acids is 1. The molecule has 0 atom stereocenters. The minimum Gasteiger partial charge on any atom is -0.507 e. The normalized spacial score (nSPS) is 11.6. The third kappa shape index (κ3) is 4.34. The number of hydrogen-bond donors (Lipinski definition) is 6. The Kier molecular flexibility index (Phi) is 5.59. The number of phenolic OH excluding ortho intramolecular Hbond substituents is 2. The smallest absolute Gasteiger partial charge is 0.307 e. The molecule has 0 saturated heterocycles. The second-order valence-corrected chi connectivity index (χ2v) is 9.34. The van der Waals surface area contributed by atoms with E-state index in [0.717, 1.165) is 18.2 Å². The van der Waals surface area contributed by atoms with Crippen LogP contribution in [0.2, 0.25) is 0 Å². The summed E-state index contributed by atoms with van der Waals surface area (Å²) in [5.41, 5.74) is 2.57. The van der Waals surface area contributed by atoms with Gasteiger partial charge in [-0.1, -0.05) is 6.07 Å². The van der Waals surface area contributed by atoms with Crippen LogP contribution in [0.15, 0.2) is 53.4 Å². The van der Waals surface area contributed by atoms with E-state index in [9.17, 15) is 28.5 Å². The van der Waals surface area contributed by atoms with Crippen LogP contribution in [-0.2, 0) is 21.2 Å². The standard InChI is InChI=1S/C23H20N4O6S/c1-11(24)13-2-4-18-19(9-13)27-23(26-18)17-7-12(8-21(29)30)6-16(22(17)31)15-10-14(34(25,32)33)3-5-20(15)28/h2-7,9-10,24,28,31H,8H2,1H3,(H,26,27)(H,29,30)(H2,25,32,33). The lowest BCUT2D eigenvalue weighted by Gasteiger charge is -2.14. The Balaban J connectivity index is 1.97. The zero-order valence-corrected chi connectivity index (χ0v) is 18.6. The lowest BCUT2D eigenvalue weighted by atomic mass is 9.96. The van der Waals surface area contributed by atoms with Crippen molar-refractivity contribution in [3.8, 4) is 34.0 Å². The van der Waals surface area contributed by atoms with Crippen molar-refractivity contribution in [1.29, 1.82) is 5.41 Å². The number of phenols is 2. The number of rotatable bonds is 6. The molecule has 1 heterocycles. The van der Waals surface area contributed by atoms with Gasteiger partial charge in [0.1, 0.15) is 17.3 Å². The van der Waals surface area contributed by atoms with E-state index in [0.29, 0.717) is 22.3 Å². The van der Waals surface area contributed by atoms with Gasteiger partial charge in [-0.25, -0.2) is 18.5 Å². The van der Waals surface area contributed by atoms with E-state index in [4.69, 9.17) is 10.5 Å². The number of nitrogens with zero attached hydrogens (tertiary/aromatic N) is 1. The van der Waals surface area contributed by atoms with E-state index < -0.39 is 22.4 Å². The molecule has 0 unspecified atom stereocenters. The van der Waals surface area contributed by atoms with E-state index in [1.54, 1.807) is 25.1 Å². The van der Waals surface area contributed by atoms with Crippen LogP contribution in [0.1, 0.15) is 18.1 Å². The Morgan fingerprint density at radius 2 is 1.76 bits per heavy atom. The fourth-order valence-electron chi connectivity index (χ4n) is 3.63. The fraction of sp³-hybridized carbons (Fsp3) is 0.0870. The van der Waals surface area contributed by atoms with Gasteiger partial charge in [0.05, 0.1) is 27.9 Å². The zero-order chi connectivity index (χ0) is 24.8. The number of nitrogens with one attached hydrogen (secondary N) is 2. The third-order valence-corrected chi connectivity index (χ3v) is 6.19. The van der Waals surface area contributed by atoms with Crippen molar-refractivity contribution in [1.82, 2.24) is 9.97 Å². The SMILES string of the molecule is CC(=N)c1ccc2[nH]c(-c3cc(CC(=O)O)cc(-c4cc(S(N)(=O)=O)ccc4O)c3O)nc2c1. The van der Waals surface area contributed by atoms with Gasteiger partial charge in [-0.3, -0.25) is 4.79 Å². The molecule has 11 heteroatoms. The number of aromatic nitrogens is 2. The number of carboxylic acids is 1. The summed E-state index contributed by atoms with van der Waals surface area (Å²) in [5.74, 6) is -1.58. The van der Waals surface area contributed by atoms with E-state index in [2.05, 4.69) is 9.97 Å². The van der Waals surface area contributed by atoms with Gasteiger partial charge in [0.15, 0.2) is 0 Å². The molecule has 0 aliphatic heterocycles. The molecule has 0 aliphatic carbocycles. The number of carboxylic acid groups (broad SMARTS) is 1. The predicted octanol–water partition coefficient (Wildman–Crippen LogP) is 2.97. The number of benzene rings is 3. The average molecular weight is 481 g/mol. The maximum Gasteiger partial charge on any atom is 0.307 e. The molecule has 7 N–H and O–H groups in total. The summed E-state index contributed by atoms with van der Waals surface area (Å²) >= 11 is 0. The number of fused-ring (bicyclic) bond motifs is 1. The Labute approximate surface area is 193 Å². The number of primary sulfonamides is 1. The van der Waals surface area contributed by atoms with Crippen LogP contribution in [0.5, 0.6) is 11.5 Å². The van der Waals surface area contributed by atoms with Crippen molar-refractivity contribution in [2.45, 2.75) is 18.2 Å². The van der Waals surface area contributed by atoms with Crippen molar-refractivity contribution < 1.29 is 28.5 Å². The van der Waals surface area contributed by atoms with Gasteiger partial charge in [0.2, 0.25) is 10.0 Å². The number of imidazole rings is 1. The van der Waals surface area contributed by atoms with Gasteiger partial charge >= 0.3 is 5.97 Å². The Morgan fingerprint density at radius 3 is 2.41 bits per heavy atom. The maximum absolute atomic E-state index is 11.8. The third-order valence-electron chi connectivity index (χ3n) is 5.28. The van der Waals surface area contributed by atoms with Crippen molar-refractivity contribution >= 4 is 32.7 Å². The highest BCUT2D eigenvalue weighted by Gasteiger charge is 2.21. The molecule has 10 nitrogen and oxygen atoms in total. The highest BCUT2D eigenvalue weighted by Crippen LogP contribution is 2.42. The van der Waals surface area contributed by atoms with Crippen LogP contribution in [0.3, 0.4) is 0 Å². The quantitative estimate of drug-likeness (QED) is 0.228. The first kappa shape index (κ1) is 23.0. The molecule has 4 rings (SSSR count). The largest absolute Gasteiger partial charge is 0.507 e. The molecular formula is C23H20N4O6S. The van der Waals surface area contributed by atoms with E-state index in [1.165, 1.54) is 12.1 Å². The molecule has 34 heavy (non-hydrogen) atoms. The van der Waals surface area contributed by atoms with Gasteiger partial charge in [-0.2, -0.15) is 0 Å². The van der Waals surface area contributed by atoms with Gasteiger partial charge in [-0.05, 0) is 60.5 Å². The Bertz CT molecular complexity index is 1590. The zero-order valence-electron chi connectivity index (χ0n) is 17.8. The molecule has 0 aliphatic rings. The van der Waals surface area contributed by atoms with Crippen LogP contribution in [0.25, 0.3) is 33.5 Å². The highest BCUT2D eigenvalue weighted by atomic mass is 32.2. The summed E-state index contributed by atoms with van der Waals surface area (Å²) in [6.07, 6.45) is -0.396. The fourth-order valence-corrected chi connectivity index (χ4v) is 4.17. The Hall–Kier alpha value is -4.22. The number of H-pyrrole nitrogens is 1. The summed E-state index contributed by atoms with van der Waals surface area (Å²) < 4.78 is 23.6. The highest BCUT2D eigenvalue weighted by molar-refractivity contribution is 7.89. The number of aromatic hydroxyl groups is 2. The molecule has 0 amide bonds. The summed E-state index contributed by atoms with van der Waals surface area (Å²) in [6, 6.07) is 11.3. The minimum absolute atomic E-state index is 0.00762. The summed E-state index contributed by atoms with van der Waals surface area (Å²) in [7, 11) is -4.11. The van der Waals surface area contributed by atoms with Crippen molar-refractivity contribution in [2.24, 2.45) is 5.14 Å². The van der Waals surface area contributed by atoms with E-state index >= 15 is 0 Å². The lowest BCUT2D eigenvalue weighted by Crippen LogP contribution is -2.12. The molecule has 4 aromatic rings. The minimum atomic E-state index is -4.11. The van der Waals surface area contributed by atoms with Gasteiger partial charge in [0.25, 0.3) is 0 Å². The van der Waals surface area contributed by atoms with Gasteiger partial charge in [0, 0.05) is 16.8 Å². The van der Waals surface area contributed by atoms with E-state index in [-0.39, 0.29) is 44.5 Å². The first-order valence-electron chi connectivity index (χ1n) is 9.93. The molecule has 174 valence electrons. The molecule has 0 fully saturated rings. The molecule has 0 saturated carbocycles. The molecule has 0 radical (unpaired) electrons. The first-order chi connectivity index (χ1) is 15.9. The topological polar surface area (TPSA) is 190 Å². The van der Waals surface area contributed by atoms with Crippen LogP contribution in [0.4, 0.5) is 0 Å². The lowest BCUT2D eigenvalue weighted by molar-refractivity contribution is -0.136. The summed E-state index contributed by atoms with van der Waals surface area (Å²) in [6.45, 7) is 1.64. The van der Waals surface area contributed by atoms with Crippen molar-refractivity contribution in [3.63, 3.8) is 0 Å². The van der Waals surface area contributed by atoms with Gasteiger partial charge < -0.3 is 25.7 Å². The second-order valence-electron chi connectivity index (χ2n) is 7.78. The average Bonchev–Trinajstić information content (AvgIpc) is 3.17. The predicted molar refractivity (Wildman–Crippen MR) is 126 cm³/mol. The van der Waals surface area contributed by atoms with Gasteiger partial charge in [-0.15, -0.1) is 0 Å². The number of nitrogens with two attached hydrogens (primary N) is 1. The maximum atomic E-state index is 11.8. The molecule has 0 spiro atoms. The molecule has 0 bridgehead atoms. The van der Waals surface area contributed by atoms with Crippen LogP contribution >= 0.6 is 0 Å². The van der Waals surface area contributed by atoms with Crippen LogP contribution in [-0.4, -0.2) is 45.4 Å². The molecule has 3 aromatic carbocycles. The van der Waals surface area contributed by atoms with Crippen molar-refractivity contribution in [3.05, 3.63) is 59.7 Å². The van der Waals surface area contributed by atoms with Crippen LogP contribution in [0, 0.1) is 5.41 Å². The van der Waals surface area contributed by atoms with Crippen molar-refractivity contribution in [2.75, 3.05) is 0 Å². The number of sulfonamides is 1. The second kappa shape index (κ2) is 8.28. The first-order valence-corrected chi connectivity index (χ1v) is 11.5. The Morgan fingerprint density at radius 1 is 1.06 bits per heavy atom.